The van der Waals surface area contributed by atoms with Crippen molar-refractivity contribution in [1.82, 2.24) is 9.97 Å². The molecule has 4 aromatic rings. The molecule has 338 valence electrons. The molecular formula is C45H68BrN7NaO7P. The molecule has 2 aromatic heterocycles. The van der Waals surface area contributed by atoms with E-state index in [4.69, 9.17) is 9.84 Å². The van der Waals surface area contributed by atoms with Gasteiger partial charge in [0.2, 0.25) is 0 Å². The first kappa shape index (κ1) is 58.6. The van der Waals surface area contributed by atoms with Crippen LogP contribution in [-0.4, -0.2) is 94.3 Å². The van der Waals surface area contributed by atoms with Crippen LogP contribution in [0.15, 0.2) is 77.5 Å². The van der Waals surface area contributed by atoms with E-state index >= 15 is 0 Å². The number of likely N-dealkylation sites (N-methyl/N-ethyl adjacent to an activating group) is 2. The number of halogens is 1. The van der Waals surface area contributed by atoms with Crippen LogP contribution in [0.2, 0.25) is 0 Å². The first-order valence-corrected chi connectivity index (χ1v) is 22.0. The van der Waals surface area contributed by atoms with Crippen molar-refractivity contribution in [3.05, 3.63) is 97.8 Å². The molecule has 0 atom stereocenters. The van der Waals surface area contributed by atoms with E-state index in [0.717, 1.165) is 13.1 Å². The van der Waals surface area contributed by atoms with E-state index in [0.29, 0.717) is 41.6 Å². The number of rotatable bonds is 10. The van der Waals surface area contributed by atoms with E-state index in [9.17, 15) is 25.3 Å². The maximum Gasteiger partial charge on any atom is 1.00 e. The third kappa shape index (κ3) is 18.3. The van der Waals surface area contributed by atoms with E-state index < -0.39 is 15.4 Å². The molecule has 0 radical (unpaired) electrons. The van der Waals surface area contributed by atoms with Gasteiger partial charge in [-0.25, -0.2) is 9.97 Å². The Labute approximate surface area is 402 Å². The number of aliphatic hydroxyl groups is 1. The van der Waals surface area contributed by atoms with Gasteiger partial charge in [-0.15, -0.1) is 5.60 Å². The summed E-state index contributed by atoms with van der Waals surface area (Å²) < 4.78 is 5.89. The zero-order valence-electron chi connectivity index (χ0n) is 38.5. The summed E-state index contributed by atoms with van der Waals surface area (Å²) >= 11 is 3.24. The minimum Gasteiger partial charge on any atom is -0.850 e. The summed E-state index contributed by atoms with van der Waals surface area (Å²) in [5.74, 6) is 1.79. The number of anilines is 3. The fourth-order valence-corrected chi connectivity index (χ4v) is 11.3. The first-order chi connectivity index (χ1) is 27.8. The Morgan fingerprint density at radius 2 is 1.35 bits per heavy atom. The number of benzene rings is 2. The van der Waals surface area contributed by atoms with Crippen LogP contribution in [0.3, 0.4) is 0 Å². The van der Waals surface area contributed by atoms with Crippen molar-refractivity contribution in [2.24, 2.45) is 0 Å². The Hall–Kier alpha value is -3.43. The molecule has 3 heterocycles. The van der Waals surface area contributed by atoms with Crippen molar-refractivity contribution in [3.63, 3.8) is 0 Å². The second kappa shape index (κ2) is 26.4. The second-order valence-electron chi connectivity index (χ2n) is 17.0. The molecule has 1 N–H and O–H groups in total. The van der Waals surface area contributed by atoms with E-state index in [1.807, 2.05) is 23.6 Å². The fourth-order valence-electron chi connectivity index (χ4n) is 6.55. The number of pyridine rings is 2. The van der Waals surface area contributed by atoms with Gasteiger partial charge in [-0.3, -0.25) is 20.2 Å². The van der Waals surface area contributed by atoms with Crippen LogP contribution in [0, 0.1) is 20.2 Å². The maximum atomic E-state index is 10.5. The molecule has 14 nitrogen and oxygen atoms in total. The average Bonchev–Trinajstić information content (AvgIpc) is 3.15. The molecule has 62 heavy (non-hydrogen) atoms. The van der Waals surface area contributed by atoms with Crippen molar-refractivity contribution in [3.8, 4) is 16.9 Å². The standard InChI is InChI=1S/C22H32NP.C9H12BrN3O3.C9H11N3O3.C4H9O.CH4.Na/c1-21(2,3)24(22(4,5)6)20-16-12-10-14-18(20)17-13-9-11-15-19(17)23(7)8;1-2-12(3-4-14)9-8(10)5-7(6-11-9)13(15)16;1-2-11-3-4-15-8-5-7(12(13)14)6-10-9(8)11;1-4(2,3)5;;/h9-16H,1-8H3;5-6,14H,2-4H2,1H3;5-6H,2-4H2,1H3;1-3H3;1H4;/q;;;-1;;+1. The predicted octanol–water partition coefficient (Wildman–Crippen LogP) is 6.69. The maximum absolute atomic E-state index is 10.5. The number of fused-ring (bicyclic) bond motifs is 1. The van der Waals surface area contributed by atoms with Gasteiger partial charge in [-0.1, -0.05) is 120 Å². The normalized spacial score (nSPS) is 11.9. The van der Waals surface area contributed by atoms with Gasteiger partial charge in [-0.05, 0) is 57.0 Å². The van der Waals surface area contributed by atoms with Gasteiger partial charge in [0.05, 0.1) is 33.5 Å². The third-order valence-corrected chi connectivity index (χ3v) is 12.7. The molecule has 5 rings (SSSR count). The number of aliphatic hydroxyl groups excluding tert-OH is 1. The summed E-state index contributed by atoms with van der Waals surface area (Å²) in [4.78, 5) is 34.2. The summed E-state index contributed by atoms with van der Waals surface area (Å²) in [6.07, 6.45) is 2.47. The molecule has 0 spiro atoms. The molecule has 1 aliphatic heterocycles. The molecule has 1 aliphatic rings. The third-order valence-electron chi connectivity index (χ3n) is 8.56. The van der Waals surface area contributed by atoms with Crippen LogP contribution in [0.25, 0.3) is 11.1 Å². The van der Waals surface area contributed by atoms with Crippen LogP contribution >= 0.6 is 23.9 Å². The monoisotopic (exact) mass is 951 g/mol. The van der Waals surface area contributed by atoms with Crippen LogP contribution in [-0.2, 0) is 0 Å². The average molecular weight is 953 g/mol. The first-order valence-electron chi connectivity index (χ1n) is 19.9. The van der Waals surface area contributed by atoms with Crippen molar-refractivity contribution in [2.45, 2.75) is 99.5 Å². The second-order valence-corrected chi connectivity index (χ2v) is 21.7. The Bertz CT molecular complexity index is 1990. The van der Waals surface area contributed by atoms with Crippen LogP contribution in [0.4, 0.5) is 28.7 Å². The summed E-state index contributed by atoms with van der Waals surface area (Å²) in [6.45, 7) is 26.4. The number of nitrogens with zero attached hydrogens (tertiary/aromatic N) is 7. The van der Waals surface area contributed by atoms with Crippen molar-refractivity contribution >= 4 is 57.9 Å². The van der Waals surface area contributed by atoms with E-state index in [1.54, 1.807) is 20.8 Å². The van der Waals surface area contributed by atoms with Gasteiger partial charge in [-0.2, -0.15) is 0 Å². The SMILES string of the molecule is C.CC(C)(C)[O-].CCN(CCO)c1ncc([N+](=O)[O-])cc1Br.CCN1CCOc2cc([N+](=O)[O-])cnc21.CN(C)c1ccccc1-c1ccccc1P(C(C)(C)C)C(C)(C)C.[Na+]. The summed E-state index contributed by atoms with van der Waals surface area (Å²) in [7, 11) is 3.91. The van der Waals surface area contributed by atoms with E-state index in [-0.39, 0.29) is 73.2 Å². The Balaban J connectivity index is 0.000000864. The minimum absolute atomic E-state index is 0. The van der Waals surface area contributed by atoms with Crippen LogP contribution in [0.5, 0.6) is 5.75 Å². The topological polar surface area (TPSA) is 174 Å². The summed E-state index contributed by atoms with van der Waals surface area (Å²) in [6, 6.07) is 20.6. The number of para-hydroxylation sites is 1. The number of nitro groups is 2. The van der Waals surface area contributed by atoms with Gasteiger partial charge in [0, 0.05) is 51.0 Å². The molecule has 17 heteroatoms. The number of aromatic nitrogens is 2. The number of hydrogen-bond donors (Lipinski definition) is 1. The Kier molecular flexibility index (Phi) is 24.9. The van der Waals surface area contributed by atoms with Gasteiger partial charge >= 0.3 is 29.6 Å². The molecule has 0 saturated heterocycles. The zero-order valence-corrected chi connectivity index (χ0v) is 43.0. The molecule has 0 unspecified atom stereocenters. The smallest absolute Gasteiger partial charge is 0.850 e. The molecular weight excluding hydrogens is 884 g/mol. The van der Waals surface area contributed by atoms with Crippen molar-refractivity contribution in [1.29, 1.82) is 0 Å². The van der Waals surface area contributed by atoms with Crippen LogP contribution < -0.4 is 59.4 Å². The Morgan fingerprint density at radius 1 is 0.855 bits per heavy atom. The fraction of sp³-hybridized carbons (Fsp3) is 0.511. The number of hydrogen-bond acceptors (Lipinski definition) is 12. The largest absolute Gasteiger partial charge is 1.00 e. The summed E-state index contributed by atoms with van der Waals surface area (Å²) in [5, 5.41) is 42.1. The van der Waals surface area contributed by atoms with Crippen LogP contribution in [0.1, 0.15) is 83.6 Å². The molecule has 2 aromatic carbocycles. The van der Waals surface area contributed by atoms with Gasteiger partial charge < -0.3 is 29.6 Å². The van der Waals surface area contributed by atoms with Gasteiger partial charge in [0.15, 0.2) is 11.6 Å². The Morgan fingerprint density at radius 3 is 1.82 bits per heavy atom. The quantitative estimate of drug-likeness (QED) is 0.0774. The molecule has 0 bridgehead atoms. The minimum atomic E-state index is -0.750. The van der Waals surface area contributed by atoms with Crippen molar-refractivity contribution < 1.29 is 54.4 Å². The van der Waals surface area contributed by atoms with Crippen molar-refractivity contribution in [2.75, 3.05) is 68.2 Å². The van der Waals surface area contributed by atoms with E-state index in [1.165, 1.54) is 46.6 Å². The molecule has 0 fully saturated rings. The van der Waals surface area contributed by atoms with E-state index in [2.05, 4.69) is 135 Å². The van der Waals surface area contributed by atoms with Gasteiger partial charge in [0.25, 0.3) is 11.4 Å². The van der Waals surface area contributed by atoms with Gasteiger partial charge in [0.1, 0.15) is 24.8 Å². The summed E-state index contributed by atoms with van der Waals surface area (Å²) in [5.41, 5.74) is 3.15. The predicted molar refractivity (Wildman–Crippen MR) is 257 cm³/mol. The number of ether oxygens (including phenoxy) is 1. The molecule has 0 amide bonds. The zero-order chi connectivity index (χ0) is 45.6. The molecule has 0 saturated carbocycles. The molecule has 0 aliphatic carbocycles.